The maximum absolute atomic E-state index is 13.3. The Hall–Kier alpha value is -4.14. The largest absolute Gasteiger partial charge is 0.507 e. The number of ether oxygens (including phenoxy) is 3. The molecule has 0 saturated heterocycles. The zero-order valence-electron chi connectivity index (χ0n) is 21.6. The molecule has 4 aromatic rings. The molecule has 0 fully saturated rings. The summed E-state index contributed by atoms with van der Waals surface area (Å²) in [5.74, 6) is 1.46. The maximum atomic E-state index is 13.3. The molecule has 41 heavy (non-hydrogen) atoms. The number of nitrogens with zero attached hydrogens (tertiary/aromatic N) is 1. The van der Waals surface area contributed by atoms with E-state index in [4.69, 9.17) is 47.5 Å². The Bertz CT molecular complexity index is 1930. The zero-order valence-corrected chi connectivity index (χ0v) is 23.1. The number of rotatable bonds is 9. The zero-order chi connectivity index (χ0) is 28.5. The predicted molar refractivity (Wildman–Crippen MR) is 160 cm³/mol. The number of aromatic hydroxyl groups is 1. The van der Waals surface area contributed by atoms with Crippen molar-refractivity contribution < 1.29 is 24.4 Å². The third kappa shape index (κ3) is 5.21. The number of para-hydroxylation sites is 1. The van der Waals surface area contributed by atoms with Gasteiger partial charge in [0.25, 0.3) is 0 Å². The van der Waals surface area contributed by atoms with E-state index < -0.39 is 0 Å². The quantitative estimate of drug-likeness (QED) is 0.143. The molecule has 2 N–H and O–H groups in total. The van der Waals surface area contributed by atoms with Gasteiger partial charge in [-0.1, -0.05) is 41.4 Å². The van der Waals surface area contributed by atoms with Crippen LogP contribution in [-0.4, -0.2) is 36.6 Å². The van der Waals surface area contributed by atoms with Crippen LogP contribution in [0.15, 0.2) is 88.6 Å². The molecule has 0 unspecified atom stereocenters. The number of aliphatic hydroxyl groups excluding tert-OH is 1. The fourth-order valence-electron chi connectivity index (χ4n) is 4.94. The second kappa shape index (κ2) is 11.4. The Balaban J connectivity index is 1.54. The fourth-order valence-corrected chi connectivity index (χ4v) is 5.49. The van der Waals surface area contributed by atoms with Gasteiger partial charge in [-0.05, 0) is 54.6 Å². The smallest absolute Gasteiger partial charge is 0.191 e. The summed E-state index contributed by atoms with van der Waals surface area (Å²) in [6, 6.07) is 22.6. The molecule has 0 heterocycles. The monoisotopic (exact) mass is 587 g/mol. The molecule has 0 radical (unpaired) electrons. The van der Waals surface area contributed by atoms with Crippen molar-refractivity contribution in [2.45, 2.75) is 0 Å². The van der Waals surface area contributed by atoms with Crippen LogP contribution >= 0.6 is 23.2 Å². The number of phenols is 1. The summed E-state index contributed by atoms with van der Waals surface area (Å²) in [5.41, 5.74) is 1.46. The Morgan fingerprint density at radius 3 is 2.32 bits per heavy atom. The summed E-state index contributed by atoms with van der Waals surface area (Å²) in [7, 11) is 0. The van der Waals surface area contributed by atoms with Crippen LogP contribution in [-0.2, 0) is 4.74 Å². The van der Waals surface area contributed by atoms with Gasteiger partial charge in [0.1, 0.15) is 29.6 Å². The van der Waals surface area contributed by atoms with E-state index in [9.17, 15) is 9.90 Å². The highest BCUT2D eigenvalue weighted by Crippen LogP contribution is 2.48. The first kappa shape index (κ1) is 27.1. The van der Waals surface area contributed by atoms with E-state index in [0.29, 0.717) is 79.2 Å². The first-order chi connectivity index (χ1) is 19.9. The summed E-state index contributed by atoms with van der Waals surface area (Å²) in [5, 5.41) is 22.8. The number of benzene rings is 6. The van der Waals surface area contributed by atoms with Crippen LogP contribution in [0.5, 0.6) is 23.0 Å². The summed E-state index contributed by atoms with van der Waals surface area (Å²) < 4.78 is 17.1. The summed E-state index contributed by atoms with van der Waals surface area (Å²) in [4.78, 5) is 18.2. The molecule has 7 nitrogen and oxygen atoms in total. The van der Waals surface area contributed by atoms with Crippen molar-refractivity contribution in [3.8, 4) is 34.1 Å². The van der Waals surface area contributed by atoms with Crippen molar-refractivity contribution in [3.05, 3.63) is 104 Å². The van der Waals surface area contributed by atoms with Gasteiger partial charge in [0.05, 0.1) is 46.3 Å². The van der Waals surface area contributed by atoms with Crippen molar-refractivity contribution in [1.29, 1.82) is 0 Å². The molecular formula is C32H23Cl2NO6. The lowest BCUT2D eigenvalue weighted by Crippen LogP contribution is -2.12. The second-order valence-corrected chi connectivity index (χ2v) is 10.1. The Morgan fingerprint density at radius 2 is 1.56 bits per heavy atom. The molecule has 0 aliphatic heterocycles. The minimum Gasteiger partial charge on any atom is -0.507 e. The summed E-state index contributed by atoms with van der Waals surface area (Å²) >= 11 is 13.2. The van der Waals surface area contributed by atoms with E-state index in [1.54, 1.807) is 48.5 Å². The van der Waals surface area contributed by atoms with Crippen molar-refractivity contribution >= 4 is 50.4 Å². The van der Waals surface area contributed by atoms with Crippen LogP contribution in [0, 0.1) is 0 Å². The van der Waals surface area contributed by atoms with Gasteiger partial charge < -0.3 is 24.4 Å². The van der Waals surface area contributed by atoms with E-state index in [-0.39, 0.29) is 29.4 Å². The molecule has 0 spiro atoms. The van der Waals surface area contributed by atoms with Crippen LogP contribution in [0.2, 0.25) is 10.0 Å². The Labute approximate surface area is 244 Å². The van der Waals surface area contributed by atoms with Crippen LogP contribution in [0.25, 0.3) is 32.7 Å². The normalized spacial score (nSPS) is 12.1. The van der Waals surface area contributed by atoms with Crippen LogP contribution < -0.4 is 20.3 Å². The molecule has 9 heteroatoms. The lowest BCUT2D eigenvalue weighted by Gasteiger charge is -2.20. The summed E-state index contributed by atoms with van der Waals surface area (Å²) in [6.07, 6.45) is 0. The lowest BCUT2D eigenvalue weighted by atomic mass is 9.87. The molecule has 6 rings (SSSR count). The number of hydrogen-bond donors (Lipinski definition) is 2. The SMILES string of the molecule is O=c1cc(Oc2ccccc2)c2cc(=Nc3ccc(OCCOCCO)cc3)c3c(O)cc(Cl)c4cc(Cl)c1c-2c43. The molecule has 0 amide bonds. The minimum atomic E-state index is -0.307. The average Bonchev–Trinajstić information content (AvgIpc) is 2.96. The number of hydrogen-bond acceptors (Lipinski definition) is 7. The van der Waals surface area contributed by atoms with E-state index in [2.05, 4.69) is 0 Å². The highest BCUT2D eigenvalue weighted by molar-refractivity contribution is 6.42. The van der Waals surface area contributed by atoms with Gasteiger partial charge in [0.15, 0.2) is 5.43 Å². The Morgan fingerprint density at radius 1 is 0.780 bits per heavy atom. The molecular weight excluding hydrogens is 565 g/mol. The van der Waals surface area contributed by atoms with Crippen molar-refractivity contribution in [2.24, 2.45) is 4.99 Å². The van der Waals surface area contributed by atoms with Crippen LogP contribution in [0.3, 0.4) is 0 Å². The Kier molecular flexibility index (Phi) is 7.51. The molecule has 0 bridgehead atoms. The average molecular weight is 588 g/mol. The van der Waals surface area contributed by atoms with Crippen molar-refractivity contribution in [3.63, 3.8) is 0 Å². The third-order valence-electron chi connectivity index (χ3n) is 6.68. The lowest BCUT2D eigenvalue weighted by molar-refractivity contribution is 0.0705. The van der Waals surface area contributed by atoms with Crippen molar-refractivity contribution in [1.82, 2.24) is 0 Å². The van der Waals surface area contributed by atoms with Gasteiger partial charge in [-0.25, -0.2) is 4.99 Å². The van der Waals surface area contributed by atoms with Gasteiger partial charge in [-0.3, -0.25) is 4.79 Å². The van der Waals surface area contributed by atoms with E-state index in [1.807, 2.05) is 18.2 Å². The highest BCUT2D eigenvalue weighted by Gasteiger charge is 2.26. The summed E-state index contributed by atoms with van der Waals surface area (Å²) in [6.45, 7) is 0.927. The van der Waals surface area contributed by atoms with Gasteiger partial charge in [0, 0.05) is 33.4 Å². The van der Waals surface area contributed by atoms with E-state index in [0.717, 1.165) is 0 Å². The van der Waals surface area contributed by atoms with E-state index >= 15 is 0 Å². The number of aliphatic hydroxyl groups is 1. The highest BCUT2D eigenvalue weighted by atomic mass is 35.5. The van der Waals surface area contributed by atoms with Crippen LogP contribution in [0.1, 0.15) is 0 Å². The van der Waals surface area contributed by atoms with Crippen molar-refractivity contribution in [2.75, 3.05) is 26.4 Å². The van der Waals surface area contributed by atoms with Gasteiger partial charge >= 0.3 is 0 Å². The topological polar surface area (TPSA) is 97.6 Å². The maximum Gasteiger partial charge on any atom is 0.191 e. The van der Waals surface area contributed by atoms with Gasteiger partial charge in [-0.15, -0.1) is 0 Å². The standard InChI is InChI=1S/C32H23Cl2NO6/c33-23-16-26(37)32-25(35-18-6-8-19(9-7-18)40-13-12-39-11-10-36)15-22-28(41-20-4-2-1-3-5-20)17-27(38)31-24(34)14-21(23)29(32)30(22)31/h1-9,14-17,36-37H,10-13H2. The molecule has 2 aliphatic carbocycles. The van der Waals surface area contributed by atoms with Crippen LogP contribution in [0.4, 0.5) is 5.69 Å². The first-order valence-electron chi connectivity index (χ1n) is 12.8. The second-order valence-electron chi connectivity index (χ2n) is 9.30. The molecule has 206 valence electrons. The molecule has 2 aliphatic rings. The molecule has 4 aromatic carbocycles. The molecule has 0 aromatic heterocycles. The molecule has 0 atom stereocenters. The van der Waals surface area contributed by atoms with Gasteiger partial charge in [-0.2, -0.15) is 0 Å². The van der Waals surface area contributed by atoms with E-state index in [1.165, 1.54) is 12.1 Å². The number of halogens is 2. The third-order valence-corrected chi connectivity index (χ3v) is 7.29. The first-order valence-corrected chi connectivity index (χ1v) is 13.6. The minimum absolute atomic E-state index is 0.0362. The van der Waals surface area contributed by atoms with Gasteiger partial charge in [0.2, 0.25) is 0 Å². The predicted octanol–water partition coefficient (Wildman–Crippen LogP) is 6.76. The number of phenolic OH excluding ortho intramolecular Hbond substituents is 1. The molecule has 0 saturated carbocycles. The fraction of sp³-hybridized carbons (Fsp3) is 0.125.